The summed E-state index contributed by atoms with van der Waals surface area (Å²) in [6, 6.07) is 0. The molecular formula is C13H21F3N2OS. The summed E-state index contributed by atoms with van der Waals surface area (Å²) >= 11 is 1.16. The minimum absolute atomic E-state index is 0.136. The second-order valence-corrected chi connectivity index (χ2v) is 5.87. The standard InChI is InChI=1S/C13H21F3N2OS/c1-4-6-18(8-13(14,15)16)12-17-11(9(3)5-2)10(7-19)20-12/h9,19H,4-8H2,1-3H3. The second-order valence-electron chi connectivity index (χ2n) is 4.81. The number of anilines is 1. The van der Waals surface area contributed by atoms with Gasteiger partial charge in [-0.15, -0.1) is 0 Å². The highest BCUT2D eigenvalue weighted by Crippen LogP contribution is 2.33. The van der Waals surface area contributed by atoms with Crippen molar-refractivity contribution in [3.63, 3.8) is 0 Å². The van der Waals surface area contributed by atoms with Gasteiger partial charge in [-0.3, -0.25) is 0 Å². The molecule has 1 unspecified atom stereocenters. The summed E-state index contributed by atoms with van der Waals surface area (Å²) in [5.41, 5.74) is 0.721. The zero-order valence-corrected chi connectivity index (χ0v) is 12.8. The second kappa shape index (κ2) is 7.26. The first kappa shape index (κ1) is 17.2. The van der Waals surface area contributed by atoms with E-state index in [-0.39, 0.29) is 12.5 Å². The SMILES string of the molecule is CCCN(CC(F)(F)F)c1nc(C(C)CC)c(CO)s1. The maximum absolute atomic E-state index is 12.6. The van der Waals surface area contributed by atoms with Crippen molar-refractivity contribution in [3.05, 3.63) is 10.6 Å². The molecule has 1 aromatic heterocycles. The van der Waals surface area contributed by atoms with Crippen molar-refractivity contribution in [1.29, 1.82) is 0 Å². The highest BCUT2D eigenvalue weighted by molar-refractivity contribution is 7.15. The lowest BCUT2D eigenvalue weighted by Crippen LogP contribution is -2.34. The fourth-order valence-corrected chi connectivity index (χ4v) is 2.97. The fraction of sp³-hybridized carbons (Fsp3) is 0.769. The van der Waals surface area contributed by atoms with E-state index in [1.54, 1.807) is 0 Å². The molecule has 0 bridgehead atoms. The Kier molecular flexibility index (Phi) is 6.26. The van der Waals surface area contributed by atoms with Gasteiger partial charge in [-0.1, -0.05) is 32.1 Å². The molecule has 0 amide bonds. The van der Waals surface area contributed by atoms with Gasteiger partial charge >= 0.3 is 6.18 Å². The van der Waals surface area contributed by atoms with E-state index in [9.17, 15) is 18.3 Å². The van der Waals surface area contributed by atoms with Gasteiger partial charge in [0.25, 0.3) is 0 Å². The van der Waals surface area contributed by atoms with E-state index in [4.69, 9.17) is 0 Å². The van der Waals surface area contributed by atoms with Crippen LogP contribution in [0.25, 0.3) is 0 Å². The first-order chi connectivity index (χ1) is 9.32. The number of thiazole rings is 1. The van der Waals surface area contributed by atoms with Crippen LogP contribution in [-0.4, -0.2) is 29.4 Å². The van der Waals surface area contributed by atoms with E-state index in [1.807, 2.05) is 20.8 Å². The molecule has 1 aromatic rings. The number of alkyl halides is 3. The van der Waals surface area contributed by atoms with E-state index in [0.29, 0.717) is 23.0 Å². The van der Waals surface area contributed by atoms with Crippen molar-refractivity contribution in [3.8, 4) is 0 Å². The van der Waals surface area contributed by atoms with Crippen molar-refractivity contribution in [2.45, 2.75) is 52.3 Å². The summed E-state index contributed by atoms with van der Waals surface area (Å²) in [6.45, 7) is 4.91. The molecule has 1 heterocycles. The van der Waals surface area contributed by atoms with Crippen LogP contribution in [0, 0.1) is 0 Å². The number of halogens is 3. The molecule has 0 saturated heterocycles. The summed E-state index contributed by atoms with van der Waals surface area (Å²) in [5, 5.41) is 9.70. The lowest BCUT2D eigenvalue weighted by atomic mass is 10.0. The molecule has 20 heavy (non-hydrogen) atoms. The summed E-state index contributed by atoms with van der Waals surface area (Å²) in [5.74, 6) is 0.136. The van der Waals surface area contributed by atoms with Crippen LogP contribution >= 0.6 is 11.3 Å². The van der Waals surface area contributed by atoms with Crippen LogP contribution in [0.3, 0.4) is 0 Å². The number of aromatic nitrogens is 1. The van der Waals surface area contributed by atoms with Gasteiger partial charge in [-0.2, -0.15) is 13.2 Å². The van der Waals surface area contributed by atoms with Crippen LogP contribution in [0.1, 0.15) is 50.1 Å². The molecule has 0 aromatic carbocycles. The van der Waals surface area contributed by atoms with Gasteiger partial charge in [0.15, 0.2) is 5.13 Å². The van der Waals surface area contributed by atoms with Crippen molar-refractivity contribution in [1.82, 2.24) is 4.98 Å². The van der Waals surface area contributed by atoms with Crippen molar-refractivity contribution in [2.75, 3.05) is 18.0 Å². The molecule has 0 fully saturated rings. The van der Waals surface area contributed by atoms with Crippen molar-refractivity contribution >= 4 is 16.5 Å². The van der Waals surface area contributed by atoms with Crippen LogP contribution in [0.5, 0.6) is 0 Å². The molecule has 0 saturated carbocycles. The van der Waals surface area contributed by atoms with Gasteiger partial charge < -0.3 is 10.0 Å². The zero-order valence-electron chi connectivity index (χ0n) is 12.0. The first-order valence-electron chi connectivity index (χ1n) is 6.74. The Labute approximate surface area is 121 Å². The minimum Gasteiger partial charge on any atom is -0.391 e. The number of nitrogens with zero attached hydrogens (tertiary/aromatic N) is 2. The Morgan fingerprint density at radius 2 is 2.00 bits per heavy atom. The molecule has 0 radical (unpaired) electrons. The molecule has 1 N–H and O–H groups in total. The van der Waals surface area contributed by atoms with Gasteiger partial charge in [0, 0.05) is 6.54 Å². The number of hydrogen-bond acceptors (Lipinski definition) is 4. The van der Waals surface area contributed by atoms with E-state index in [1.165, 1.54) is 4.90 Å². The van der Waals surface area contributed by atoms with Gasteiger partial charge in [0.2, 0.25) is 0 Å². The maximum atomic E-state index is 12.6. The number of hydrogen-bond donors (Lipinski definition) is 1. The normalized spacial score (nSPS) is 13.6. The average molecular weight is 310 g/mol. The predicted octanol–water partition coefficient (Wildman–Crippen LogP) is 3.93. The van der Waals surface area contributed by atoms with Gasteiger partial charge in [-0.25, -0.2) is 4.98 Å². The molecule has 1 rings (SSSR count). The van der Waals surface area contributed by atoms with E-state index in [2.05, 4.69) is 4.98 Å². The Balaban J connectivity index is 3.04. The predicted molar refractivity (Wildman–Crippen MR) is 75.3 cm³/mol. The number of aliphatic hydroxyl groups excluding tert-OH is 1. The van der Waals surface area contributed by atoms with Crippen LogP contribution in [0.15, 0.2) is 0 Å². The van der Waals surface area contributed by atoms with Crippen LogP contribution in [0.2, 0.25) is 0 Å². The third-order valence-electron chi connectivity index (χ3n) is 3.07. The lowest BCUT2D eigenvalue weighted by molar-refractivity contribution is -0.119. The Morgan fingerprint density at radius 1 is 1.35 bits per heavy atom. The molecule has 116 valence electrons. The number of aliphatic hydroxyl groups is 1. The van der Waals surface area contributed by atoms with Crippen molar-refractivity contribution in [2.24, 2.45) is 0 Å². The first-order valence-corrected chi connectivity index (χ1v) is 7.56. The molecule has 3 nitrogen and oxygen atoms in total. The molecular weight excluding hydrogens is 289 g/mol. The summed E-state index contributed by atoms with van der Waals surface area (Å²) in [6.07, 6.45) is -2.80. The van der Waals surface area contributed by atoms with Gasteiger partial charge in [0.1, 0.15) is 6.54 Å². The molecule has 7 heteroatoms. The maximum Gasteiger partial charge on any atom is 0.406 e. The summed E-state index contributed by atoms with van der Waals surface area (Å²) in [4.78, 5) is 6.25. The largest absolute Gasteiger partial charge is 0.406 e. The topological polar surface area (TPSA) is 36.4 Å². The third kappa shape index (κ3) is 4.63. The van der Waals surface area contributed by atoms with Crippen LogP contribution in [0.4, 0.5) is 18.3 Å². The highest BCUT2D eigenvalue weighted by atomic mass is 32.1. The zero-order chi connectivity index (χ0) is 15.3. The summed E-state index contributed by atoms with van der Waals surface area (Å²) in [7, 11) is 0. The average Bonchev–Trinajstić information content (AvgIpc) is 2.79. The molecule has 0 aliphatic rings. The van der Waals surface area contributed by atoms with E-state index in [0.717, 1.165) is 23.5 Å². The third-order valence-corrected chi connectivity index (χ3v) is 4.19. The lowest BCUT2D eigenvalue weighted by Gasteiger charge is -2.22. The van der Waals surface area contributed by atoms with Gasteiger partial charge in [-0.05, 0) is 18.8 Å². The molecule has 0 spiro atoms. The Morgan fingerprint density at radius 3 is 2.45 bits per heavy atom. The van der Waals surface area contributed by atoms with Crippen molar-refractivity contribution < 1.29 is 18.3 Å². The number of rotatable bonds is 7. The Bertz CT molecular complexity index is 420. The molecule has 0 aliphatic carbocycles. The van der Waals surface area contributed by atoms with Crippen LogP contribution in [-0.2, 0) is 6.61 Å². The van der Waals surface area contributed by atoms with Crippen LogP contribution < -0.4 is 4.90 Å². The van der Waals surface area contributed by atoms with E-state index >= 15 is 0 Å². The fourth-order valence-electron chi connectivity index (χ4n) is 1.91. The smallest absolute Gasteiger partial charge is 0.391 e. The van der Waals surface area contributed by atoms with Gasteiger partial charge in [0.05, 0.1) is 17.2 Å². The minimum atomic E-state index is -4.25. The van der Waals surface area contributed by atoms with E-state index < -0.39 is 12.7 Å². The Hall–Kier alpha value is -0.820. The molecule has 1 atom stereocenters. The summed E-state index contributed by atoms with van der Waals surface area (Å²) < 4.78 is 37.8. The molecule has 0 aliphatic heterocycles. The quantitative estimate of drug-likeness (QED) is 0.829. The monoisotopic (exact) mass is 310 g/mol. The highest BCUT2D eigenvalue weighted by Gasteiger charge is 2.32.